The number of likely N-dealkylation sites (tertiary alicyclic amines) is 1. The number of H-pyrrole nitrogens is 1. The van der Waals surface area contributed by atoms with Gasteiger partial charge in [-0.25, -0.2) is 4.98 Å². The molecule has 2 aromatic rings. The number of aromatic nitrogens is 2. The standard InChI is InChI=1S/C21H28N4O3/c1-16(27)24-19(11-18-13-22-15-23-18)20(28)25-9-7-21(14-26,8-10-25)12-17-5-3-2-4-6-17/h2-6,13,15,19,26H,7-12,14H2,1H3,(H,22,23)(H,24,27)/t19-/m0/s1. The van der Waals surface area contributed by atoms with Gasteiger partial charge in [0.15, 0.2) is 0 Å². The molecule has 2 heterocycles. The van der Waals surface area contributed by atoms with Crippen LogP contribution in [0.4, 0.5) is 0 Å². The van der Waals surface area contributed by atoms with Crippen LogP contribution in [0, 0.1) is 5.41 Å². The van der Waals surface area contributed by atoms with E-state index in [0.29, 0.717) is 19.5 Å². The highest BCUT2D eigenvalue weighted by Gasteiger charge is 2.37. The summed E-state index contributed by atoms with van der Waals surface area (Å²) in [6, 6.07) is 9.53. The summed E-state index contributed by atoms with van der Waals surface area (Å²) in [6.07, 6.45) is 5.88. The SMILES string of the molecule is CC(=O)N[C@@H](Cc1cnc[nH]1)C(=O)N1CCC(CO)(Cc2ccccc2)CC1. The Bertz CT molecular complexity index is 768. The average molecular weight is 384 g/mol. The van der Waals surface area contributed by atoms with Gasteiger partial charge < -0.3 is 20.3 Å². The van der Waals surface area contributed by atoms with Crippen LogP contribution < -0.4 is 5.32 Å². The third kappa shape index (κ3) is 4.98. The zero-order valence-corrected chi connectivity index (χ0v) is 16.2. The van der Waals surface area contributed by atoms with Crippen molar-refractivity contribution in [1.29, 1.82) is 0 Å². The molecule has 0 spiro atoms. The second kappa shape index (κ2) is 9.01. The van der Waals surface area contributed by atoms with Crippen LogP contribution in [0.2, 0.25) is 0 Å². The van der Waals surface area contributed by atoms with Gasteiger partial charge in [0.1, 0.15) is 6.04 Å². The highest BCUT2D eigenvalue weighted by atomic mass is 16.3. The lowest BCUT2D eigenvalue weighted by atomic mass is 9.74. The third-order valence-electron chi connectivity index (χ3n) is 5.55. The Hall–Kier alpha value is -2.67. The van der Waals surface area contributed by atoms with Gasteiger partial charge in [-0.05, 0) is 24.8 Å². The molecule has 1 aromatic carbocycles. The van der Waals surface area contributed by atoms with Gasteiger partial charge in [0, 0.05) is 50.3 Å². The van der Waals surface area contributed by atoms with Crippen molar-refractivity contribution in [1.82, 2.24) is 20.2 Å². The average Bonchev–Trinajstić information content (AvgIpc) is 3.21. The molecule has 1 aromatic heterocycles. The van der Waals surface area contributed by atoms with Crippen LogP contribution in [0.1, 0.15) is 31.0 Å². The number of amides is 2. The number of aromatic amines is 1. The maximum absolute atomic E-state index is 13.0. The molecular formula is C21H28N4O3. The lowest BCUT2D eigenvalue weighted by Crippen LogP contribution is -2.53. The first kappa shape index (κ1) is 20.1. The van der Waals surface area contributed by atoms with Crippen molar-refractivity contribution >= 4 is 11.8 Å². The van der Waals surface area contributed by atoms with Gasteiger partial charge in [-0.15, -0.1) is 0 Å². The van der Waals surface area contributed by atoms with E-state index in [0.717, 1.165) is 25.0 Å². The van der Waals surface area contributed by atoms with Crippen LogP contribution in [0.25, 0.3) is 0 Å². The number of aliphatic hydroxyl groups excluding tert-OH is 1. The lowest BCUT2D eigenvalue weighted by Gasteiger charge is -2.42. The smallest absolute Gasteiger partial charge is 0.245 e. The van der Waals surface area contributed by atoms with Gasteiger partial charge >= 0.3 is 0 Å². The van der Waals surface area contributed by atoms with Crippen molar-refractivity contribution < 1.29 is 14.7 Å². The molecule has 3 rings (SSSR count). The van der Waals surface area contributed by atoms with E-state index >= 15 is 0 Å². The molecule has 7 nitrogen and oxygen atoms in total. The molecule has 28 heavy (non-hydrogen) atoms. The van der Waals surface area contributed by atoms with Gasteiger partial charge in [0.25, 0.3) is 0 Å². The molecule has 1 aliphatic rings. The number of imidazole rings is 1. The van der Waals surface area contributed by atoms with Crippen LogP contribution in [0.5, 0.6) is 0 Å². The van der Waals surface area contributed by atoms with Gasteiger partial charge in [-0.1, -0.05) is 30.3 Å². The number of nitrogens with zero attached hydrogens (tertiary/aromatic N) is 2. The van der Waals surface area contributed by atoms with Gasteiger partial charge in [0.05, 0.1) is 6.33 Å². The molecule has 0 aliphatic carbocycles. The fourth-order valence-electron chi connectivity index (χ4n) is 3.90. The predicted octanol–water partition coefficient (Wildman–Crippen LogP) is 1.30. The molecular weight excluding hydrogens is 356 g/mol. The topological polar surface area (TPSA) is 98.3 Å². The minimum Gasteiger partial charge on any atom is -0.396 e. The Balaban J connectivity index is 1.64. The van der Waals surface area contributed by atoms with Gasteiger partial charge in [-0.3, -0.25) is 9.59 Å². The van der Waals surface area contributed by atoms with E-state index in [9.17, 15) is 14.7 Å². The molecule has 0 bridgehead atoms. The fourth-order valence-corrected chi connectivity index (χ4v) is 3.90. The summed E-state index contributed by atoms with van der Waals surface area (Å²) in [5.41, 5.74) is 1.80. The quantitative estimate of drug-likeness (QED) is 0.670. The molecule has 1 atom stereocenters. The Labute approximate surface area is 165 Å². The van der Waals surface area contributed by atoms with Gasteiger partial charge in [-0.2, -0.15) is 0 Å². The second-order valence-corrected chi connectivity index (χ2v) is 7.68. The number of hydrogen-bond acceptors (Lipinski definition) is 4. The van der Waals surface area contributed by atoms with Crippen molar-refractivity contribution in [2.75, 3.05) is 19.7 Å². The number of benzene rings is 1. The summed E-state index contributed by atoms with van der Waals surface area (Å²) < 4.78 is 0. The Kier molecular flexibility index (Phi) is 6.46. The summed E-state index contributed by atoms with van der Waals surface area (Å²) in [6.45, 7) is 2.67. The molecule has 1 fully saturated rings. The van der Waals surface area contributed by atoms with Crippen LogP contribution >= 0.6 is 0 Å². The van der Waals surface area contributed by atoms with E-state index in [-0.39, 0.29) is 23.8 Å². The normalized spacial score (nSPS) is 17.1. The minimum absolute atomic E-state index is 0.0870. The molecule has 3 N–H and O–H groups in total. The highest BCUT2D eigenvalue weighted by molar-refractivity contribution is 5.87. The number of piperidine rings is 1. The first-order chi connectivity index (χ1) is 13.5. The van der Waals surface area contributed by atoms with E-state index in [1.54, 1.807) is 17.4 Å². The number of carbonyl (C=O) groups is 2. The maximum atomic E-state index is 13.0. The number of aliphatic hydroxyl groups is 1. The summed E-state index contributed by atoms with van der Waals surface area (Å²) >= 11 is 0. The lowest BCUT2D eigenvalue weighted by molar-refractivity contribution is -0.138. The number of rotatable bonds is 7. The Morgan fingerprint density at radius 2 is 2.00 bits per heavy atom. The van der Waals surface area contributed by atoms with E-state index in [1.165, 1.54) is 12.5 Å². The number of carbonyl (C=O) groups excluding carboxylic acids is 2. The summed E-state index contributed by atoms with van der Waals surface area (Å²) in [5.74, 6) is -0.320. The van der Waals surface area contributed by atoms with Gasteiger partial charge in [0.2, 0.25) is 11.8 Å². The molecule has 7 heteroatoms. The molecule has 1 saturated heterocycles. The summed E-state index contributed by atoms with van der Waals surface area (Å²) in [7, 11) is 0. The molecule has 0 radical (unpaired) electrons. The van der Waals surface area contributed by atoms with Crippen molar-refractivity contribution in [3.8, 4) is 0 Å². The van der Waals surface area contributed by atoms with Crippen molar-refractivity contribution in [2.45, 2.75) is 38.6 Å². The maximum Gasteiger partial charge on any atom is 0.245 e. The van der Waals surface area contributed by atoms with E-state index in [4.69, 9.17) is 0 Å². The fraction of sp³-hybridized carbons (Fsp3) is 0.476. The molecule has 150 valence electrons. The van der Waals surface area contributed by atoms with Crippen LogP contribution in [0.15, 0.2) is 42.9 Å². The van der Waals surface area contributed by atoms with E-state index in [2.05, 4.69) is 27.4 Å². The summed E-state index contributed by atoms with van der Waals surface area (Å²) in [4.78, 5) is 33.4. The highest BCUT2D eigenvalue weighted by Crippen LogP contribution is 2.35. The van der Waals surface area contributed by atoms with Crippen molar-refractivity contribution in [2.24, 2.45) is 5.41 Å². The zero-order valence-electron chi connectivity index (χ0n) is 16.2. The monoisotopic (exact) mass is 384 g/mol. The molecule has 0 unspecified atom stereocenters. The minimum atomic E-state index is -0.617. The third-order valence-corrected chi connectivity index (χ3v) is 5.55. The predicted molar refractivity (Wildman–Crippen MR) is 105 cm³/mol. The first-order valence-corrected chi connectivity index (χ1v) is 9.69. The van der Waals surface area contributed by atoms with Crippen LogP contribution in [-0.2, 0) is 22.4 Å². The van der Waals surface area contributed by atoms with E-state index < -0.39 is 6.04 Å². The second-order valence-electron chi connectivity index (χ2n) is 7.68. The summed E-state index contributed by atoms with van der Waals surface area (Å²) in [5, 5.41) is 12.8. The largest absolute Gasteiger partial charge is 0.396 e. The molecule has 1 aliphatic heterocycles. The molecule has 0 saturated carbocycles. The van der Waals surface area contributed by atoms with Crippen molar-refractivity contribution in [3.05, 3.63) is 54.1 Å². The Morgan fingerprint density at radius 3 is 2.57 bits per heavy atom. The van der Waals surface area contributed by atoms with Crippen molar-refractivity contribution in [3.63, 3.8) is 0 Å². The van der Waals surface area contributed by atoms with Crippen LogP contribution in [-0.4, -0.2) is 57.5 Å². The number of hydrogen-bond donors (Lipinski definition) is 3. The zero-order chi connectivity index (χ0) is 20.0. The first-order valence-electron chi connectivity index (χ1n) is 9.69. The van der Waals surface area contributed by atoms with Crippen LogP contribution in [0.3, 0.4) is 0 Å². The Morgan fingerprint density at radius 1 is 1.29 bits per heavy atom. The van der Waals surface area contributed by atoms with E-state index in [1.807, 2.05) is 18.2 Å². The molecule has 2 amide bonds. The number of nitrogens with one attached hydrogen (secondary N) is 2.